The van der Waals surface area contributed by atoms with Crippen LogP contribution in [0.4, 0.5) is 0 Å². The van der Waals surface area contributed by atoms with Gasteiger partial charge in [-0.25, -0.2) is 9.59 Å². The number of carbonyl (C=O) groups is 2. The minimum Gasteiger partial charge on any atom is -0.465 e. The molecular weight excluding hydrogens is 387 g/mol. The summed E-state index contributed by atoms with van der Waals surface area (Å²) in [7, 11) is 1.30. The molecule has 5 nitrogen and oxygen atoms in total. The minimum absolute atomic E-state index is 0.0400. The molecule has 0 bridgehead atoms. The Balaban J connectivity index is 2.05. The number of carbonyl (C=O) groups excluding carboxylic acids is 2. The molecule has 0 saturated carbocycles. The normalized spacial score (nSPS) is 10.2. The lowest BCUT2D eigenvalue weighted by molar-refractivity contribution is 0.0442. The number of furan rings is 1. The number of aryl methyl sites for hydroxylation is 1. The van der Waals surface area contributed by atoms with Crippen molar-refractivity contribution in [2.24, 2.45) is 0 Å². The van der Waals surface area contributed by atoms with E-state index in [1.54, 1.807) is 19.1 Å². The zero-order valence-electron chi connectivity index (χ0n) is 11.5. The van der Waals surface area contributed by atoms with Gasteiger partial charge in [-0.2, -0.15) is 0 Å². The van der Waals surface area contributed by atoms with Gasteiger partial charge >= 0.3 is 11.9 Å². The van der Waals surface area contributed by atoms with Gasteiger partial charge in [0, 0.05) is 3.57 Å². The van der Waals surface area contributed by atoms with Crippen molar-refractivity contribution in [3.63, 3.8) is 0 Å². The van der Waals surface area contributed by atoms with Crippen LogP contribution in [0.5, 0.6) is 0 Å². The Hall–Kier alpha value is -1.83. The van der Waals surface area contributed by atoms with Crippen molar-refractivity contribution >= 4 is 34.5 Å². The minimum atomic E-state index is -0.480. The fourth-order valence-corrected chi connectivity index (χ4v) is 2.38. The van der Waals surface area contributed by atoms with E-state index in [0.717, 1.165) is 3.57 Å². The van der Waals surface area contributed by atoms with Crippen LogP contribution in [0.2, 0.25) is 0 Å². The second-order valence-electron chi connectivity index (χ2n) is 4.23. The smallest absolute Gasteiger partial charge is 0.341 e. The van der Waals surface area contributed by atoms with Gasteiger partial charge in [0.15, 0.2) is 0 Å². The second kappa shape index (κ2) is 6.75. The van der Waals surface area contributed by atoms with Crippen molar-refractivity contribution in [2.75, 3.05) is 7.11 Å². The van der Waals surface area contributed by atoms with E-state index in [1.165, 1.54) is 13.2 Å². The summed E-state index contributed by atoms with van der Waals surface area (Å²) in [5.74, 6) is -0.0884. The van der Waals surface area contributed by atoms with Crippen molar-refractivity contribution in [3.05, 3.63) is 56.5 Å². The summed E-state index contributed by atoms with van der Waals surface area (Å²) in [6.45, 7) is 1.61. The molecule has 0 unspecified atom stereocenters. The lowest BCUT2D eigenvalue weighted by atomic mass is 10.2. The number of ether oxygens (including phenoxy) is 2. The third kappa shape index (κ3) is 3.63. The van der Waals surface area contributed by atoms with Crippen LogP contribution in [0, 0.1) is 10.5 Å². The quantitative estimate of drug-likeness (QED) is 0.582. The Morgan fingerprint density at radius 3 is 2.57 bits per heavy atom. The second-order valence-corrected chi connectivity index (χ2v) is 5.39. The zero-order chi connectivity index (χ0) is 15.4. The first-order valence-electron chi connectivity index (χ1n) is 6.12. The van der Waals surface area contributed by atoms with Crippen LogP contribution in [0.1, 0.15) is 32.2 Å². The highest BCUT2D eigenvalue weighted by Gasteiger charge is 2.17. The summed E-state index contributed by atoms with van der Waals surface area (Å²) in [6, 6.07) is 8.65. The van der Waals surface area contributed by atoms with Crippen molar-refractivity contribution in [1.29, 1.82) is 0 Å². The van der Waals surface area contributed by atoms with Crippen molar-refractivity contribution in [1.82, 2.24) is 0 Å². The summed E-state index contributed by atoms with van der Waals surface area (Å²) in [5.41, 5.74) is 0.826. The number of esters is 2. The van der Waals surface area contributed by atoms with E-state index in [0.29, 0.717) is 22.6 Å². The summed E-state index contributed by atoms with van der Waals surface area (Å²) in [5, 5.41) is 0. The SMILES string of the molecule is COC(=O)c1cc(COC(=O)c2ccccc2I)oc1C. The van der Waals surface area contributed by atoms with Crippen molar-refractivity contribution in [2.45, 2.75) is 13.5 Å². The van der Waals surface area contributed by atoms with E-state index >= 15 is 0 Å². The molecule has 0 atom stereocenters. The van der Waals surface area contributed by atoms with E-state index in [-0.39, 0.29) is 6.61 Å². The van der Waals surface area contributed by atoms with E-state index in [1.807, 2.05) is 12.1 Å². The van der Waals surface area contributed by atoms with Gasteiger partial charge in [0.05, 0.1) is 12.7 Å². The monoisotopic (exact) mass is 400 g/mol. The highest BCUT2D eigenvalue weighted by molar-refractivity contribution is 14.1. The zero-order valence-corrected chi connectivity index (χ0v) is 13.7. The molecule has 0 radical (unpaired) electrons. The van der Waals surface area contributed by atoms with Gasteiger partial charge in [-0.1, -0.05) is 12.1 Å². The molecule has 1 aromatic heterocycles. The highest BCUT2D eigenvalue weighted by Crippen LogP contribution is 2.18. The topological polar surface area (TPSA) is 65.7 Å². The standard InChI is InChI=1S/C15H13IO5/c1-9-12(14(17)19-2)7-10(21-9)8-20-15(18)11-5-3-4-6-13(11)16/h3-7H,8H2,1-2H3. The van der Waals surface area contributed by atoms with Gasteiger partial charge in [0.1, 0.15) is 23.7 Å². The Morgan fingerprint density at radius 2 is 1.90 bits per heavy atom. The first-order chi connectivity index (χ1) is 10.0. The molecule has 2 rings (SSSR count). The van der Waals surface area contributed by atoms with Crippen LogP contribution in [0.15, 0.2) is 34.7 Å². The third-order valence-electron chi connectivity index (χ3n) is 2.81. The lowest BCUT2D eigenvalue weighted by Gasteiger charge is -2.04. The van der Waals surface area contributed by atoms with Gasteiger partial charge in [-0.05, 0) is 47.7 Å². The molecule has 0 N–H and O–H groups in total. The molecule has 0 fully saturated rings. The molecule has 0 saturated heterocycles. The summed E-state index contributed by atoms with van der Waals surface area (Å²) >= 11 is 2.07. The molecular formula is C15H13IO5. The molecule has 0 spiro atoms. The van der Waals surface area contributed by atoms with Crippen LogP contribution >= 0.6 is 22.6 Å². The van der Waals surface area contributed by atoms with Gasteiger partial charge in [0.2, 0.25) is 0 Å². The number of methoxy groups -OCH3 is 1. The predicted octanol–water partition coefficient (Wildman–Crippen LogP) is 3.34. The van der Waals surface area contributed by atoms with Crippen molar-refractivity contribution in [3.8, 4) is 0 Å². The summed E-state index contributed by atoms with van der Waals surface area (Å²) < 4.78 is 16.0. The maximum absolute atomic E-state index is 12.0. The van der Waals surface area contributed by atoms with E-state index in [9.17, 15) is 9.59 Å². The Bertz CT molecular complexity index is 674. The molecule has 1 heterocycles. The van der Waals surface area contributed by atoms with E-state index in [4.69, 9.17) is 9.15 Å². The molecule has 0 aliphatic carbocycles. The maximum atomic E-state index is 12.0. The van der Waals surface area contributed by atoms with Crippen LogP contribution in [0.25, 0.3) is 0 Å². The molecule has 6 heteroatoms. The Labute approximate surface area is 135 Å². The van der Waals surface area contributed by atoms with Gasteiger partial charge < -0.3 is 13.9 Å². The number of benzene rings is 1. The van der Waals surface area contributed by atoms with Crippen LogP contribution in [-0.2, 0) is 16.1 Å². The summed E-state index contributed by atoms with van der Waals surface area (Å²) in [6.07, 6.45) is 0. The van der Waals surface area contributed by atoms with Gasteiger partial charge in [-0.15, -0.1) is 0 Å². The first-order valence-corrected chi connectivity index (χ1v) is 7.20. The number of hydrogen-bond acceptors (Lipinski definition) is 5. The molecule has 0 aliphatic rings. The number of halogens is 1. The molecule has 1 aromatic carbocycles. The van der Waals surface area contributed by atoms with Gasteiger partial charge in [-0.3, -0.25) is 0 Å². The fourth-order valence-electron chi connectivity index (χ4n) is 1.77. The number of hydrogen-bond donors (Lipinski definition) is 0. The average Bonchev–Trinajstić information content (AvgIpc) is 2.85. The maximum Gasteiger partial charge on any atom is 0.341 e. The Morgan fingerprint density at radius 1 is 1.19 bits per heavy atom. The summed E-state index contributed by atoms with van der Waals surface area (Å²) in [4.78, 5) is 23.4. The van der Waals surface area contributed by atoms with E-state index in [2.05, 4.69) is 27.3 Å². The highest BCUT2D eigenvalue weighted by atomic mass is 127. The molecule has 110 valence electrons. The average molecular weight is 400 g/mol. The first kappa shape index (κ1) is 15.6. The lowest BCUT2D eigenvalue weighted by Crippen LogP contribution is -2.06. The molecule has 0 aliphatic heterocycles. The number of rotatable bonds is 4. The Kier molecular flexibility index (Phi) is 5.00. The largest absolute Gasteiger partial charge is 0.465 e. The van der Waals surface area contributed by atoms with Gasteiger partial charge in [0.25, 0.3) is 0 Å². The van der Waals surface area contributed by atoms with Crippen LogP contribution in [-0.4, -0.2) is 19.0 Å². The van der Waals surface area contributed by atoms with Crippen LogP contribution in [0.3, 0.4) is 0 Å². The molecule has 0 amide bonds. The van der Waals surface area contributed by atoms with E-state index < -0.39 is 11.9 Å². The molecule has 21 heavy (non-hydrogen) atoms. The van der Waals surface area contributed by atoms with Crippen LogP contribution < -0.4 is 0 Å². The van der Waals surface area contributed by atoms with Crippen molar-refractivity contribution < 1.29 is 23.5 Å². The fraction of sp³-hybridized carbons (Fsp3) is 0.200. The third-order valence-corrected chi connectivity index (χ3v) is 3.75. The molecule has 2 aromatic rings. The predicted molar refractivity (Wildman–Crippen MR) is 83.1 cm³/mol.